The van der Waals surface area contributed by atoms with E-state index in [0.29, 0.717) is 11.8 Å². The summed E-state index contributed by atoms with van der Waals surface area (Å²) in [7, 11) is -3.02. The lowest BCUT2D eigenvalue weighted by atomic mass is 9.98. The molecule has 1 aliphatic heterocycles. The van der Waals surface area contributed by atoms with Gasteiger partial charge in [-0.25, -0.2) is 13.1 Å². The number of fused-ring (bicyclic) bond motifs is 1. The highest BCUT2D eigenvalue weighted by atomic mass is 32.2. The van der Waals surface area contributed by atoms with E-state index in [1.165, 1.54) is 6.26 Å². The smallest absolute Gasteiger partial charge is 0.208 e. The van der Waals surface area contributed by atoms with E-state index in [1.807, 2.05) is 0 Å². The first kappa shape index (κ1) is 9.43. The Morgan fingerprint density at radius 3 is 2.77 bits per heavy atom. The third kappa shape index (κ3) is 2.03. The third-order valence-electron chi connectivity index (χ3n) is 3.12. The molecule has 2 aliphatic rings. The van der Waals surface area contributed by atoms with Crippen LogP contribution in [0.15, 0.2) is 0 Å². The van der Waals surface area contributed by atoms with Gasteiger partial charge in [0.2, 0.25) is 10.0 Å². The summed E-state index contributed by atoms with van der Waals surface area (Å²) in [6.07, 6.45) is 3.40. The second-order valence-electron chi connectivity index (χ2n) is 4.16. The summed E-state index contributed by atoms with van der Waals surface area (Å²) in [6.45, 7) is 2.03. The first-order valence-electron chi connectivity index (χ1n) is 4.74. The Bertz CT molecular complexity index is 289. The van der Waals surface area contributed by atoms with Crippen molar-refractivity contribution in [3.05, 3.63) is 0 Å². The van der Waals surface area contributed by atoms with Crippen molar-refractivity contribution in [2.45, 2.75) is 18.9 Å². The molecule has 4 nitrogen and oxygen atoms in total. The highest BCUT2D eigenvalue weighted by Crippen LogP contribution is 2.34. The molecule has 76 valence electrons. The van der Waals surface area contributed by atoms with Crippen LogP contribution in [0.4, 0.5) is 0 Å². The van der Waals surface area contributed by atoms with Gasteiger partial charge >= 0.3 is 0 Å². The Hall–Kier alpha value is -0.130. The molecule has 0 bridgehead atoms. The molecule has 0 aromatic carbocycles. The van der Waals surface area contributed by atoms with E-state index in [2.05, 4.69) is 10.0 Å². The van der Waals surface area contributed by atoms with Gasteiger partial charge < -0.3 is 5.32 Å². The molecule has 3 atom stereocenters. The van der Waals surface area contributed by atoms with Gasteiger partial charge in [0.05, 0.1) is 6.26 Å². The number of hydrogen-bond acceptors (Lipinski definition) is 3. The van der Waals surface area contributed by atoms with Gasteiger partial charge in [0.25, 0.3) is 0 Å². The topological polar surface area (TPSA) is 58.2 Å². The van der Waals surface area contributed by atoms with Crippen molar-refractivity contribution in [1.29, 1.82) is 0 Å². The Balaban J connectivity index is 2.01. The zero-order chi connectivity index (χ0) is 9.47. The van der Waals surface area contributed by atoms with Crippen LogP contribution in [0.5, 0.6) is 0 Å². The summed E-state index contributed by atoms with van der Waals surface area (Å²) in [5.41, 5.74) is 0. The molecule has 0 radical (unpaired) electrons. The third-order valence-corrected chi connectivity index (χ3v) is 3.85. The first-order valence-corrected chi connectivity index (χ1v) is 6.63. The molecule has 0 amide bonds. The maximum atomic E-state index is 11.0. The van der Waals surface area contributed by atoms with Gasteiger partial charge in [0.1, 0.15) is 0 Å². The highest BCUT2D eigenvalue weighted by molar-refractivity contribution is 7.88. The van der Waals surface area contributed by atoms with Gasteiger partial charge in [-0.1, -0.05) is 0 Å². The van der Waals surface area contributed by atoms with Crippen molar-refractivity contribution >= 4 is 10.0 Å². The summed E-state index contributed by atoms with van der Waals surface area (Å²) in [6, 6.07) is 0.176. The minimum atomic E-state index is -3.02. The first-order chi connectivity index (χ1) is 6.06. The quantitative estimate of drug-likeness (QED) is 0.639. The lowest BCUT2D eigenvalue weighted by Gasteiger charge is -2.17. The van der Waals surface area contributed by atoms with Gasteiger partial charge in [-0.15, -0.1) is 0 Å². The molecule has 1 saturated carbocycles. The van der Waals surface area contributed by atoms with Crippen LogP contribution in [0.3, 0.4) is 0 Å². The van der Waals surface area contributed by atoms with Crippen LogP contribution in [0.25, 0.3) is 0 Å². The Morgan fingerprint density at radius 1 is 1.31 bits per heavy atom. The van der Waals surface area contributed by atoms with Crippen LogP contribution in [0, 0.1) is 11.8 Å². The largest absolute Gasteiger partial charge is 0.316 e. The molecular weight excluding hydrogens is 188 g/mol. The molecule has 0 unspecified atom stereocenters. The van der Waals surface area contributed by atoms with Gasteiger partial charge in [-0.3, -0.25) is 0 Å². The average molecular weight is 204 g/mol. The predicted octanol–water partition coefficient (Wildman–Crippen LogP) is -0.466. The van der Waals surface area contributed by atoms with Crippen LogP contribution in [-0.4, -0.2) is 33.8 Å². The Labute approximate surface area is 79.1 Å². The minimum Gasteiger partial charge on any atom is -0.316 e. The lowest BCUT2D eigenvalue weighted by Crippen LogP contribution is -2.38. The van der Waals surface area contributed by atoms with Crippen molar-refractivity contribution < 1.29 is 8.42 Å². The molecule has 0 aromatic rings. The van der Waals surface area contributed by atoms with Crippen molar-refractivity contribution in [2.75, 3.05) is 19.3 Å². The molecule has 0 spiro atoms. The second-order valence-corrected chi connectivity index (χ2v) is 5.94. The normalized spacial score (nSPS) is 39.3. The fourth-order valence-electron chi connectivity index (χ4n) is 2.57. The van der Waals surface area contributed by atoms with E-state index in [1.54, 1.807) is 0 Å². The summed E-state index contributed by atoms with van der Waals surface area (Å²) in [4.78, 5) is 0. The number of rotatable bonds is 2. The standard InChI is InChI=1S/C8H16N2O2S/c1-13(11,12)10-8-3-2-6-4-9-5-7(6)8/h6-10H,2-5H2,1H3/t6-,7+,8+/m1/s1. The number of hydrogen-bond donors (Lipinski definition) is 2. The van der Waals surface area contributed by atoms with E-state index in [-0.39, 0.29) is 6.04 Å². The van der Waals surface area contributed by atoms with Gasteiger partial charge in [0, 0.05) is 6.04 Å². The fourth-order valence-corrected chi connectivity index (χ4v) is 3.41. The maximum Gasteiger partial charge on any atom is 0.208 e. The Morgan fingerprint density at radius 2 is 2.08 bits per heavy atom. The summed E-state index contributed by atoms with van der Waals surface area (Å²) in [5.74, 6) is 1.22. The molecule has 2 fully saturated rings. The zero-order valence-corrected chi connectivity index (χ0v) is 8.60. The second kappa shape index (κ2) is 3.22. The van der Waals surface area contributed by atoms with Crippen LogP contribution in [0.2, 0.25) is 0 Å². The summed E-state index contributed by atoms with van der Waals surface area (Å²) in [5, 5.41) is 3.31. The molecule has 1 heterocycles. The van der Waals surface area contributed by atoms with Crippen molar-refractivity contribution in [3.63, 3.8) is 0 Å². The fraction of sp³-hybridized carbons (Fsp3) is 1.00. The molecule has 2 N–H and O–H groups in total. The lowest BCUT2D eigenvalue weighted by molar-refractivity contribution is 0.427. The minimum absolute atomic E-state index is 0.176. The summed E-state index contributed by atoms with van der Waals surface area (Å²) >= 11 is 0. The molecule has 13 heavy (non-hydrogen) atoms. The predicted molar refractivity (Wildman–Crippen MR) is 50.9 cm³/mol. The van der Waals surface area contributed by atoms with E-state index in [4.69, 9.17) is 0 Å². The molecule has 5 heteroatoms. The van der Waals surface area contributed by atoms with Crippen LogP contribution >= 0.6 is 0 Å². The van der Waals surface area contributed by atoms with E-state index < -0.39 is 10.0 Å². The van der Waals surface area contributed by atoms with Crippen LogP contribution < -0.4 is 10.0 Å². The van der Waals surface area contributed by atoms with Crippen molar-refractivity contribution in [2.24, 2.45) is 11.8 Å². The van der Waals surface area contributed by atoms with Gasteiger partial charge in [-0.2, -0.15) is 0 Å². The van der Waals surface area contributed by atoms with Gasteiger partial charge in [-0.05, 0) is 37.8 Å². The SMILES string of the molecule is CS(=O)(=O)N[C@H]1CC[C@@H]2CNC[C@@H]21. The average Bonchev–Trinajstić information content (AvgIpc) is 2.50. The van der Waals surface area contributed by atoms with Crippen molar-refractivity contribution in [1.82, 2.24) is 10.0 Å². The van der Waals surface area contributed by atoms with E-state index in [0.717, 1.165) is 25.9 Å². The summed E-state index contributed by atoms with van der Waals surface area (Å²) < 4.78 is 24.8. The molecule has 2 rings (SSSR count). The molecule has 1 saturated heterocycles. The number of sulfonamides is 1. The van der Waals surface area contributed by atoms with Crippen LogP contribution in [-0.2, 0) is 10.0 Å². The van der Waals surface area contributed by atoms with E-state index >= 15 is 0 Å². The highest BCUT2D eigenvalue weighted by Gasteiger charge is 2.39. The van der Waals surface area contributed by atoms with Crippen molar-refractivity contribution in [3.8, 4) is 0 Å². The molecular formula is C8H16N2O2S. The number of nitrogens with one attached hydrogen (secondary N) is 2. The maximum absolute atomic E-state index is 11.0. The Kier molecular flexibility index (Phi) is 2.33. The van der Waals surface area contributed by atoms with E-state index in [9.17, 15) is 8.42 Å². The van der Waals surface area contributed by atoms with Gasteiger partial charge in [0.15, 0.2) is 0 Å². The molecule has 0 aromatic heterocycles. The molecule has 1 aliphatic carbocycles. The monoisotopic (exact) mass is 204 g/mol. The van der Waals surface area contributed by atoms with Crippen LogP contribution in [0.1, 0.15) is 12.8 Å². The zero-order valence-electron chi connectivity index (χ0n) is 7.79.